The molecule has 0 bridgehead atoms. The minimum atomic E-state index is -0.916. The maximum atomic E-state index is 11.3. The molecule has 0 spiro atoms. The summed E-state index contributed by atoms with van der Waals surface area (Å²) < 4.78 is 13.3. The zero-order valence-corrected chi connectivity index (χ0v) is 13.0. The summed E-state index contributed by atoms with van der Waals surface area (Å²) in [5.74, 6) is 1.59. The number of anilines is 1. The molecule has 0 saturated carbocycles. The highest BCUT2D eigenvalue weighted by Gasteiger charge is 2.04. The van der Waals surface area contributed by atoms with E-state index < -0.39 is 10.8 Å². The van der Waals surface area contributed by atoms with Gasteiger partial charge in [-0.3, -0.25) is 4.21 Å². The fraction of sp³-hybridized carbons (Fsp3) is 0.400. The fourth-order valence-corrected chi connectivity index (χ4v) is 2.49. The molecule has 5 heteroatoms. The van der Waals surface area contributed by atoms with Crippen LogP contribution in [0.25, 0.3) is 0 Å². The van der Waals surface area contributed by atoms with E-state index in [1.165, 1.54) is 0 Å². The second-order valence-electron chi connectivity index (χ2n) is 5.24. The molecule has 4 nitrogen and oxygen atoms in total. The molecule has 2 rings (SSSR count). The topological polar surface area (TPSA) is 46.9 Å². The molecule has 1 atom stereocenters. The zero-order chi connectivity index (χ0) is 14.5. The van der Waals surface area contributed by atoms with Gasteiger partial charge in [-0.25, -0.2) is 4.68 Å². The summed E-state index contributed by atoms with van der Waals surface area (Å²) in [4.78, 5) is 0.860. The Hall–Kier alpha value is -1.62. The van der Waals surface area contributed by atoms with E-state index in [-0.39, 0.29) is 0 Å². The summed E-state index contributed by atoms with van der Waals surface area (Å²) in [6.07, 6.45) is 3.51. The summed E-state index contributed by atoms with van der Waals surface area (Å²) in [5, 5.41) is 7.71. The van der Waals surface area contributed by atoms with Gasteiger partial charge in [0, 0.05) is 41.1 Å². The lowest BCUT2D eigenvalue weighted by atomic mass is 10.2. The Morgan fingerprint density at radius 3 is 2.55 bits per heavy atom. The van der Waals surface area contributed by atoms with E-state index >= 15 is 0 Å². The van der Waals surface area contributed by atoms with Gasteiger partial charge in [0.1, 0.15) is 5.82 Å². The monoisotopic (exact) mass is 291 g/mol. The van der Waals surface area contributed by atoms with Crippen LogP contribution in [0.2, 0.25) is 0 Å². The van der Waals surface area contributed by atoms with E-state index in [4.69, 9.17) is 0 Å². The van der Waals surface area contributed by atoms with E-state index in [9.17, 15) is 4.21 Å². The molecule has 20 heavy (non-hydrogen) atoms. The quantitative estimate of drug-likeness (QED) is 0.890. The second-order valence-corrected chi connectivity index (χ2v) is 6.62. The Kier molecular flexibility index (Phi) is 4.95. The lowest BCUT2D eigenvalue weighted by Crippen LogP contribution is -2.11. The van der Waals surface area contributed by atoms with Crippen LogP contribution in [0.15, 0.2) is 41.4 Å². The Morgan fingerprint density at radius 1 is 1.25 bits per heavy atom. The van der Waals surface area contributed by atoms with Crippen LogP contribution in [0.3, 0.4) is 0 Å². The summed E-state index contributed by atoms with van der Waals surface area (Å²) >= 11 is 0. The van der Waals surface area contributed by atoms with Gasteiger partial charge in [-0.05, 0) is 23.6 Å². The number of nitrogens with zero attached hydrogens (tertiary/aromatic N) is 2. The predicted octanol–water partition coefficient (Wildman–Crippen LogP) is 2.89. The van der Waals surface area contributed by atoms with Gasteiger partial charge in [0.2, 0.25) is 0 Å². The molecular formula is C15H21N3OS. The van der Waals surface area contributed by atoms with E-state index in [1.807, 2.05) is 41.2 Å². The van der Waals surface area contributed by atoms with Crippen molar-refractivity contribution < 1.29 is 4.21 Å². The van der Waals surface area contributed by atoms with Gasteiger partial charge in [0.25, 0.3) is 0 Å². The van der Waals surface area contributed by atoms with Crippen LogP contribution in [-0.2, 0) is 23.9 Å². The first-order valence-corrected chi connectivity index (χ1v) is 8.30. The maximum Gasteiger partial charge on any atom is 0.124 e. The smallest absolute Gasteiger partial charge is 0.124 e. The molecule has 108 valence electrons. The van der Waals surface area contributed by atoms with Crippen LogP contribution in [-0.4, -0.2) is 20.2 Å². The molecule has 1 N–H and O–H groups in total. The van der Waals surface area contributed by atoms with Gasteiger partial charge in [0.15, 0.2) is 0 Å². The van der Waals surface area contributed by atoms with Crippen LogP contribution in [0.5, 0.6) is 0 Å². The van der Waals surface area contributed by atoms with E-state index in [1.54, 1.807) is 6.26 Å². The molecule has 1 unspecified atom stereocenters. The van der Waals surface area contributed by atoms with Crippen molar-refractivity contribution in [1.29, 1.82) is 0 Å². The van der Waals surface area contributed by atoms with E-state index in [0.29, 0.717) is 5.92 Å². The lowest BCUT2D eigenvalue weighted by molar-refractivity contribution is 0.487. The van der Waals surface area contributed by atoms with Crippen molar-refractivity contribution in [2.75, 3.05) is 11.6 Å². The van der Waals surface area contributed by atoms with Gasteiger partial charge < -0.3 is 5.32 Å². The number of nitrogens with one attached hydrogen (secondary N) is 1. The first-order chi connectivity index (χ1) is 9.56. The van der Waals surface area contributed by atoms with E-state index in [2.05, 4.69) is 24.3 Å². The summed E-state index contributed by atoms with van der Waals surface area (Å²) in [6, 6.07) is 9.83. The third-order valence-electron chi connectivity index (χ3n) is 2.98. The van der Waals surface area contributed by atoms with E-state index in [0.717, 1.165) is 29.4 Å². The van der Waals surface area contributed by atoms with Crippen molar-refractivity contribution in [2.45, 2.75) is 31.8 Å². The predicted molar refractivity (Wildman–Crippen MR) is 83.2 cm³/mol. The van der Waals surface area contributed by atoms with Crippen molar-refractivity contribution in [3.63, 3.8) is 0 Å². The SMILES string of the molecule is CC(C)Cn1nccc1NCc1ccc(S(C)=O)cc1. The lowest BCUT2D eigenvalue weighted by Gasteiger charge is -2.11. The Balaban J connectivity index is 1.98. The standard InChI is InChI=1S/C15H21N3OS/c1-12(2)11-18-15(8-9-17-18)16-10-13-4-6-14(7-5-13)20(3)19/h4-9,12,16H,10-11H2,1-3H3. The van der Waals surface area contributed by atoms with Crippen LogP contribution >= 0.6 is 0 Å². The maximum absolute atomic E-state index is 11.3. The summed E-state index contributed by atoms with van der Waals surface area (Å²) in [5.41, 5.74) is 1.16. The summed E-state index contributed by atoms with van der Waals surface area (Å²) in [6.45, 7) is 5.99. The van der Waals surface area contributed by atoms with Crippen molar-refractivity contribution in [1.82, 2.24) is 9.78 Å². The molecule has 2 aromatic rings. The zero-order valence-electron chi connectivity index (χ0n) is 12.2. The Morgan fingerprint density at radius 2 is 1.95 bits per heavy atom. The van der Waals surface area contributed by atoms with Crippen LogP contribution < -0.4 is 5.32 Å². The minimum Gasteiger partial charge on any atom is -0.366 e. The van der Waals surface area contributed by atoms with Gasteiger partial charge in [-0.2, -0.15) is 5.10 Å². The third-order valence-corrected chi connectivity index (χ3v) is 3.92. The van der Waals surface area contributed by atoms with Gasteiger partial charge >= 0.3 is 0 Å². The van der Waals surface area contributed by atoms with Gasteiger partial charge in [0.05, 0.1) is 6.20 Å². The summed E-state index contributed by atoms with van der Waals surface area (Å²) in [7, 11) is -0.916. The Labute approximate surface area is 122 Å². The highest BCUT2D eigenvalue weighted by Crippen LogP contribution is 2.12. The molecule has 0 fully saturated rings. The largest absolute Gasteiger partial charge is 0.366 e. The van der Waals surface area contributed by atoms with Crippen molar-refractivity contribution in [3.05, 3.63) is 42.1 Å². The molecular weight excluding hydrogens is 270 g/mol. The molecule has 0 amide bonds. The van der Waals surface area contributed by atoms with Crippen LogP contribution in [0.4, 0.5) is 5.82 Å². The first-order valence-electron chi connectivity index (χ1n) is 6.74. The molecule has 0 saturated heterocycles. The second kappa shape index (κ2) is 6.70. The number of rotatable bonds is 6. The molecule has 0 aliphatic carbocycles. The van der Waals surface area contributed by atoms with Crippen molar-refractivity contribution >= 4 is 16.6 Å². The normalized spacial score (nSPS) is 12.6. The van der Waals surface area contributed by atoms with Gasteiger partial charge in [-0.1, -0.05) is 26.0 Å². The number of benzene rings is 1. The van der Waals surface area contributed by atoms with Crippen LogP contribution in [0.1, 0.15) is 19.4 Å². The average molecular weight is 291 g/mol. The number of aromatic nitrogens is 2. The fourth-order valence-electron chi connectivity index (χ4n) is 1.97. The molecule has 1 aromatic heterocycles. The number of hydrogen-bond donors (Lipinski definition) is 1. The van der Waals surface area contributed by atoms with Crippen LogP contribution in [0, 0.1) is 5.92 Å². The van der Waals surface area contributed by atoms with Crippen molar-refractivity contribution in [2.24, 2.45) is 5.92 Å². The first kappa shape index (κ1) is 14.8. The molecule has 1 heterocycles. The Bertz CT molecular complexity index is 575. The molecule has 1 aromatic carbocycles. The average Bonchev–Trinajstić information content (AvgIpc) is 2.83. The van der Waals surface area contributed by atoms with Crippen molar-refractivity contribution in [3.8, 4) is 0 Å². The third kappa shape index (κ3) is 3.93. The minimum absolute atomic E-state index is 0.564. The highest BCUT2D eigenvalue weighted by molar-refractivity contribution is 7.84. The highest BCUT2D eigenvalue weighted by atomic mass is 32.2. The van der Waals surface area contributed by atoms with Gasteiger partial charge in [-0.15, -0.1) is 0 Å². The molecule has 0 radical (unpaired) electrons. The molecule has 0 aliphatic rings. The molecule has 0 aliphatic heterocycles. The number of hydrogen-bond acceptors (Lipinski definition) is 3.